The van der Waals surface area contributed by atoms with Crippen LogP contribution in [0.3, 0.4) is 0 Å². The zero-order valence-electron chi connectivity index (χ0n) is 11.7. The third-order valence-electron chi connectivity index (χ3n) is 4.19. The molecule has 0 aliphatic carbocycles. The molecule has 2 amide bonds. The molecule has 4 heteroatoms. The third kappa shape index (κ3) is 2.15. The topological polar surface area (TPSA) is 26.8 Å². The minimum Gasteiger partial charge on any atom is -0.325 e. The number of piperidine rings is 1. The molecule has 2 unspecified atom stereocenters. The Hall–Kier alpha value is -0.770. The quantitative estimate of drug-likeness (QED) is 0.732. The van der Waals surface area contributed by atoms with Gasteiger partial charge >= 0.3 is 6.03 Å². The van der Waals surface area contributed by atoms with Gasteiger partial charge in [0.25, 0.3) is 0 Å². The molecule has 2 bridgehead atoms. The molecule has 0 aromatic heterocycles. The summed E-state index contributed by atoms with van der Waals surface area (Å²) in [6.07, 6.45) is 1.27. The van der Waals surface area contributed by atoms with Gasteiger partial charge in [0.05, 0.1) is 0 Å². The molecule has 3 saturated heterocycles. The highest BCUT2D eigenvalue weighted by Crippen LogP contribution is 2.34. The van der Waals surface area contributed by atoms with Crippen molar-refractivity contribution in [2.75, 3.05) is 20.1 Å². The SMILES string of the molecule is CC(C)N(C)C(=O)N1CC2CC(C1)N2C(C)C. The molecule has 3 aliphatic rings. The predicted octanol–water partition coefficient (Wildman–Crippen LogP) is 1.61. The first-order valence-corrected chi connectivity index (χ1v) is 6.71. The maximum absolute atomic E-state index is 12.2. The zero-order valence-corrected chi connectivity index (χ0v) is 11.7. The molecule has 98 valence electrons. The first kappa shape index (κ1) is 12.7. The fourth-order valence-electron chi connectivity index (χ4n) is 3.08. The Labute approximate surface area is 105 Å². The van der Waals surface area contributed by atoms with Crippen molar-refractivity contribution >= 4 is 6.03 Å². The average Bonchev–Trinajstić information content (AvgIpc) is 2.26. The second-order valence-corrected chi connectivity index (χ2v) is 5.98. The molecular weight excluding hydrogens is 214 g/mol. The lowest BCUT2D eigenvalue weighted by molar-refractivity contribution is -0.0777. The van der Waals surface area contributed by atoms with Gasteiger partial charge in [-0.15, -0.1) is 0 Å². The molecule has 0 saturated carbocycles. The molecule has 3 rings (SSSR count). The normalized spacial score (nSPS) is 28.5. The van der Waals surface area contributed by atoms with E-state index in [4.69, 9.17) is 0 Å². The van der Waals surface area contributed by atoms with Crippen molar-refractivity contribution in [1.29, 1.82) is 0 Å². The molecule has 0 radical (unpaired) electrons. The lowest BCUT2D eigenvalue weighted by Gasteiger charge is -2.58. The van der Waals surface area contributed by atoms with E-state index >= 15 is 0 Å². The fourth-order valence-corrected chi connectivity index (χ4v) is 3.08. The standard InChI is InChI=1S/C13H25N3O/c1-9(2)14(5)13(17)15-7-11-6-12(8-15)16(11)10(3)4/h9-12H,6-8H2,1-5H3. The predicted molar refractivity (Wildman–Crippen MR) is 69.0 cm³/mol. The van der Waals surface area contributed by atoms with Crippen LogP contribution in [0.1, 0.15) is 34.1 Å². The van der Waals surface area contributed by atoms with E-state index in [9.17, 15) is 4.79 Å². The van der Waals surface area contributed by atoms with Crippen LogP contribution in [-0.4, -0.2) is 65.0 Å². The number of urea groups is 1. The Morgan fingerprint density at radius 3 is 2.12 bits per heavy atom. The highest BCUT2D eigenvalue weighted by molar-refractivity contribution is 5.74. The van der Waals surface area contributed by atoms with Crippen LogP contribution in [0.15, 0.2) is 0 Å². The molecule has 3 fully saturated rings. The van der Waals surface area contributed by atoms with E-state index in [1.807, 2.05) is 16.8 Å². The maximum atomic E-state index is 12.2. The molecule has 2 atom stereocenters. The first-order valence-electron chi connectivity index (χ1n) is 6.71. The largest absolute Gasteiger partial charge is 0.325 e. The van der Waals surface area contributed by atoms with Gasteiger partial charge in [0, 0.05) is 44.3 Å². The summed E-state index contributed by atoms with van der Waals surface area (Å²) in [6.45, 7) is 10.4. The van der Waals surface area contributed by atoms with Gasteiger partial charge in [-0.25, -0.2) is 4.79 Å². The van der Waals surface area contributed by atoms with Gasteiger partial charge in [-0.2, -0.15) is 0 Å². The fraction of sp³-hybridized carbons (Fsp3) is 0.923. The summed E-state index contributed by atoms with van der Waals surface area (Å²) in [5.74, 6) is 0. The van der Waals surface area contributed by atoms with Crippen LogP contribution >= 0.6 is 0 Å². The summed E-state index contributed by atoms with van der Waals surface area (Å²) in [5, 5.41) is 0. The summed E-state index contributed by atoms with van der Waals surface area (Å²) in [6, 6.07) is 2.27. The van der Waals surface area contributed by atoms with Crippen molar-refractivity contribution in [2.45, 2.75) is 58.3 Å². The first-order chi connectivity index (χ1) is 7.91. The van der Waals surface area contributed by atoms with Crippen molar-refractivity contribution in [1.82, 2.24) is 14.7 Å². The minimum absolute atomic E-state index is 0.193. The van der Waals surface area contributed by atoms with Gasteiger partial charge in [0.1, 0.15) is 0 Å². The van der Waals surface area contributed by atoms with Crippen LogP contribution in [0.4, 0.5) is 4.79 Å². The lowest BCUT2D eigenvalue weighted by atomic mass is 9.86. The molecule has 17 heavy (non-hydrogen) atoms. The van der Waals surface area contributed by atoms with Gasteiger partial charge in [0.2, 0.25) is 0 Å². The van der Waals surface area contributed by atoms with E-state index in [2.05, 4.69) is 32.6 Å². The van der Waals surface area contributed by atoms with Crippen LogP contribution in [0.25, 0.3) is 0 Å². The van der Waals surface area contributed by atoms with Crippen molar-refractivity contribution in [3.63, 3.8) is 0 Å². The molecule has 0 aromatic carbocycles. The number of carbonyl (C=O) groups excluding carboxylic acids is 1. The molecule has 3 aliphatic heterocycles. The summed E-state index contributed by atoms with van der Waals surface area (Å²) in [7, 11) is 1.90. The van der Waals surface area contributed by atoms with Crippen molar-refractivity contribution in [3.05, 3.63) is 0 Å². The van der Waals surface area contributed by atoms with Crippen molar-refractivity contribution in [3.8, 4) is 0 Å². The number of nitrogens with zero attached hydrogens (tertiary/aromatic N) is 3. The van der Waals surface area contributed by atoms with E-state index in [0.29, 0.717) is 18.1 Å². The number of amides is 2. The van der Waals surface area contributed by atoms with Crippen LogP contribution in [0.5, 0.6) is 0 Å². The van der Waals surface area contributed by atoms with E-state index in [0.717, 1.165) is 13.1 Å². The number of rotatable bonds is 2. The number of hydrogen-bond acceptors (Lipinski definition) is 2. The lowest BCUT2D eigenvalue weighted by Crippen LogP contribution is -2.71. The van der Waals surface area contributed by atoms with E-state index in [1.54, 1.807) is 0 Å². The average molecular weight is 239 g/mol. The highest BCUT2D eigenvalue weighted by atomic mass is 16.2. The Bertz CT molecular complexity index is 291. The summed E-state index contributed by atoms with van der Waals surface area (Å²) in [4.78, 5) is 18.6. The second-order valence-electron chi connectivity index (χ2n) is 5.98. The van der Waals surface area contributed by atoms with Crippen LogP contribution in [0.2, 0.25) is 0 Å². The number of hydrogen-bond donors (Lipinski definition) is 0. The van der Waals surface area contributed by atoms with Crippen molar-refractivity contribution in [2.24, 2.45) is 0 Å². The maximum Gasteiger partial charge on any atom is 0.320 e. The van der Waals surface area contributed by atoms with Crippen LogP contribution < -0.4 is 0 Å². The van der Waals surface area contributed by atoms with Crippen molar-refractivity contribution < 1.29 is 4.79 Å². The minimum atomic E-state index is 0.193. The second kappa shape index (κ2) is 4.48. The number of piperazine rings is 1. The molecule has 4 nitrogen and oxygen atoms in total. The third-order valence-corrected chi connectivity index (χ3v) is 4.19. The van der Waals surface area contributed by atoms with E-state index < -0.39 is 0 Å². The van der Waals surface area contributed by atoms with Crippen LogP contribution in [-0.2, 0) is 0 Å². The number of fused-ring (bicyclic) bond motifs is 2. The summed E-state index contributed by atoms with van der Waals surface area (Å²) < 4.78 is 0. The van der Waals surface area contributed by atoms with Gasteiger partial charge in [-0.1, -0.05) is 0 Å². The van der Waals surface area contributed by atoms with Gasteiger partial charge < -0.3 is 9.80 Å². The Balaban J connectivity index is 1.94. The van der Waals surface area contributed by atoms with E-state index in [-0.39, 0.29) is 12.1 Å². The van der Waals surface area contributed by atoms with E-state index in [1.165, 1.54) is 6.42 Å². The molecule has 0 spiro atoms. The molecular formula is C13H25N3O. The monoisotopic (exact) mass is 239 g/mol. The Kier molecular flexibility index (Phi) is 3.34. The molecule has 3 heterocycles. The van der Waals surface area contributed by atoms with Gasteiger partial charge in [-0.05, 0) is 34.1 Å². The zero-order chi connectivity index (χ0) is 12.7. The Morgan fingerprint density at radius 1 is 1.18 bits per heavy atom. The summed E-state index contributed by atoms with van der Waals surface area (Å²) in [5.41, 5.74) is 0. The van der Waals surface area contributed by atoms with Gasteiger partial charge in [0.15, 0.2) is 0 Å². The number of carbonyl (C=O) groups is 1. The molecule has 0 N–H and O–H groups in total. The molecule has 0 aromatic rings. The Morgan fingerprint density at radius 2 is 1.71 bits per heavy atom. The summed E-state index contributed by atoms with van der Waals surface area (Å²) >= 11 is 0. The smallest absolute Gasteiger partial charge is 0.320 e. The highest BCUT2D eigenvalue weighted by Gasteiger charge is 2.47. The van der Waals surface area contributed by atoms with Gasteiger partial charge in [-0.3, -0.25) is 4.90 Å². The van der Waals surface area contributed by atoms with Crippen LogP contribution in [0, 0.1) is 0 Å².